The van der Waals surface area contributed by atoms with Gasteiger partial charge in [0.25, 0.3) is 5.91 Å². The summed E-state index contributed by atoms with van der Waals surface area (Å²) in [7, 11) is 1.59. The minimum Gasteiger partial charge on any atom is -0.354 e. The summed E-state index contributed by atoms with van der Waals surface area (Å²) in [5, 5.41) is 11.3. The number of imidazole rings is 1. The summed E-state index contributed by atoms with van der Waals surface area (Å²) in [6.45, 7) is 2.95. The number of aromatic nitrogens is 5. The van der Waals surface area contributed by atoms with Crippen LogP contribution in [-0.4, -0.2) is 43.4 Å². The molecule has 0 saturated heterocycles. The number of amides is 1. The minimum atomic E-state index is -0.205. The van der Waals surface area contributed by atoms with Crippen molar-refractivity contribution in [1.82, 2.24) is 30.0 Å². The Morgan fingerprint density at radius 2 is 2.42 bits per heavy atom. The first-order valence-corrected chi connectivity index (χ1v) is 7.07. The molecule has 0 spiro atoms. The van der Waals surface area contributed by atoms with Gasteiger partial charge in [-0.1, -0.05) is 0 Å². The predicted molar refractivity (Wildman–Crippen MR) is 71.9 cm³/mol. The number of hydrogen-bond donors (Lipinski definition) is 2. The molecule has 1 aliphatic rings. The highest BCUT2D eigenvalue weighted by molar-refractivity contribution is 7.99. The predicted octanol–water partition coefficient (Wildman–Crippen LogP) is 0.836. The van der Waals surface area contributed by atoms with E-state index in [1.807, 2.05) is 16.3 Å². The molecule has 0 aliphatic carbocycles. The standard InChI is InChI=1S/C11H14N6OS/c1-6-9-15-16-10(17(9)3-4-19-6)7-8(11(18)12-2)14-5-13-7/h5-6H,3-4H2,1-2H3,(H,12,18)(H,13,14). The van der Waals surface area contributed by atoms with Crippen LogP contribution in [-0.2, 0) is 6.54 Å². The first kappa shape index (κ1) is 12.2. The SMILES string of the molecule is CNC(=O)c1[nH]cnc1-c1nnc2n1CCSC2C. The van der Waals surface area contributed by atoms with Crippen molar-refractivity contribution in [2.75, 3.05) is 12.8 Å². The van der Waals surface area contributed by atoms with Crippen molar-refractivity contribution >= 4 is 17.7 Å². The van der Waals surface area contributed by atoms with Crippen LogP contribution in [0.5, 0.6) is 0 Å². The van der Waals surface area contributed by atoms with Gasteiger partial charge in [-0.25, -0.2) is 4.98 Å². The molecular formula is C11H14N6OS. The number of nitrogens with zero attached hydrogens (tertiary/aromatic N) is 4. The monoisotopic (exact) mass is 278 g/mol. The molecule has 1 unspecified atom stereocenters. The maximum Gasteiger partial charge on any atom is 0.269 e. The van der Waals surface area contributed by atoms with Crippen LogP contribution in [0.1, 0.15) is 28.5 Å². The van der Waals surface area contributed by atoms with Crippen LogP contribution in [0.3, 0.4) is 0 Å². The van der Waals surface area contributed by atoms with E-state index in [9.17, 15) is 4.79 Å². The lowest BCUT2D eigenvalue weighted by atomic mass is 10.3. The summed E-state index contributed by atoms with van der Waals surface area (Å²) in [5.41, 5.74) is 0.973. The molecule has 19 heavy (non-hydrogen) atoms. The van der Waals surface area contributed by atoms with E-state index in [4.69, 9.17) is 0 Å². The Labute approximate surface area is 114 Å². The normalized spacial score (nSPS) is 18.1. The molecule has 1 aliphatic heterocycles. The molecule has 1 atom stereocenters. The Morgan fingerprint density at radius 1 is 1.58 bits per heavy atom. The van der Waals surface area contributed by atoms with Gasteiger partial charge >= 0.3 is 0 Å². The van der Waals surface area contributed by atoms with Gasteiger partial charge in [0.05, 0.1) is 11.6 Å². The van der Waals surface area contributed by atoms with E-state index >= 15 is 0 Å². The number of carbonyl (C=O) groups excluding carboxylic acids is 1. The smallest absolute Gasteiger partial charge is 0.269 e. The lowest BCUT2D eigenvalue weighted by Gasteiger charge is -2.19. The molecule has 2 aromatic rings. The third kappa shape index (κ3) is 1.92. The average molecular weight is 278 g/mol. The first-order chi connectivity index (χ1) is 9.22. The van der Waals surface area contributed by atoms with Crippen molar-refractivity contribution in [3.8, 4) is 11.5 Å². The molecular weight excluding hydrogens is 264 g/mol. The third-order valence-corrected chi connectivity index (χ3v) is 4.26. The summed E-state index contributed by atoms with van der Waals surface area (Å²) >= 11 is 1.86. The number of nitrogens with one attached hydrogen (secondary N) is 2. The van der Waals surface area contributed by atoms with Crippen molar-refractivity contribution < 1.29 is 4.79 Å². The molecule has 1 amide bonds. The van der Waals surface area contributed by atoms with E-state index in [-0.39, 0.29) is 5.91 Å². The van der Waals surface area contributed by atoms with Gasteiger partial charge in [0.1, 0.15) is 17.2 Å². The van der Waals surface area contributed by atoms with Crippen LogP contribution in [0.2, 0.25) is 0 Å². The molecule has 0 saturated carbocycles. The fourth-order valence-electron chi connectivity index (χ4n) is 2.17. The van der Waals surface area contributed by atoms with Crippen LogP contribution in [0, 0.1) is 0 Å². The Hall–Kier alpha value is -1.83. The number of carbonyl (C=O) groups is 1. The highest BCUT2D eigenvalue weighted by atomic mass is 32.2. The number of fused-ring (bicyclic) bond motifs is 1. The Balaban J connectivity index is 2.09. The van der Waals surface area contributed by atoms with Gasteiger partial charge in [0, 0.05) is 19.3 Å². The van der Waals surface area contributed by atoms with Crippen LogP contribution < -0.4 is 5.32 Å². The highest BCUT2D eigenvalue weighted by Crippen LogP contribution is 2.34. The average Bonchev–Trinajstić information content (AvgIpc) is 3.04. The molecule has 3 rings (SSSR count). The molecule has 0 fully saturated rings. The van der Waals surface area contributed by atoms with Crippen molar-refractivity contribution in [2.45, 2.75) is 18.7 Å². The topological polar surface area (TPSA) is 88.5 Å². The van der Waals surface area contributed by atoms with E-state index in [1.54, 1.807) is 7.05 Å². The van der Waals surface area contributed by atoms with Gasteiger partial charge in [-0.2, -0.15) is 0 Å². The van der Waals surface area contributed by atoms with Crippen LogP contribution in [0.25, 0.3) is 11.5 Å². The van der Waals surface area contributed by atoms with E-state index in [2.05, 4.69) is 32.4 Å². The van der Waals surface area contributed by atoms with Crippen molar-refractivity contribution in [1.29, 1.82) is 0 Å². The van der Waals surface area contributed by atoms with Gasteiger partial charge < -0.3 is 14.9 Å². The van der Waals surface area contributed by atoms with Crippen molar-refractivity contribution in [2.24, 2.45) is 0 Å². The molecule has 2 aromatic heterocycles. The van der Waals surface area contributed by atoms with Gasteiger partial charge in [0.2, 0.25) is 0 Å². The molecule has 7 nitrogen and oxygen atoms in total. The lowest BCUT2D eigenvalue weighted by molar-refractivity contribution is 0.0959. The van der Waals surface area contributed by atoms with Gasteiger partial charge in [-0.3, -0.25) is 4.79 Å². The molecule has 8 heteroatoms. The number of rotatable bonds is 2. The van der Waals surface area contributed by atoms with Gasteiger partial charge in [-0.05, 0) is 6.92 Å². The number of thioether (sulfide) groups is 1. The maximum atomic E-state index is 11.8. The zero-order valence-electron chi connectivity index (χ0n) is 10.7. The van der Waals surface area contributed by atoms with E-state index in [0.29, 0.717) is 22.5 Å². The zero-order chi connectivity index (χ0) is 13.4. The fourth-order valence-corrected chi connectivity index (χ4v) is 3.13. The molecule has 0 bridgehead atoms. The summed E-state index contributed by atoms with van der Waals surface area (Å²) in [6.07, 6.45) is 1.50. The second-order valence-corrected chi connectivity index (χ2v) is 5.70. The van der Waals surface area contributed by atoms with Crippen molar-refractivity contribution in [3.63, 3.8) is 0 Å². The quantitative estimate of drug-likeness (QED) is 0.849. The van der Waals surface area contributed by atoms with Crippen LogP contribution >= 0.6 is 11.8 Å². The first-order valence-electron chi connectivity index (χ1n) is 6.03. The fraction of sp³-hybridized carbons (Fsp3) is 0.455. The Morgan fingerprint density at radius 3 is 3.21 bits per heavy atom. The summed E-state index contributed by atoms with van der Waals surface area (Å²) < 4.78 is 2.05. The molecule has 100 valence electrons. The largest absolute Gasteiger partial charge is 0.354 e. The second-order valence-electron chi connectivity index (χ2n) is 4.25. The van der Waals surface area contributed by atoms with Crippen LogP contribution in [0.4, 0.5) is 0 Å². The number of hydrogen-bond acceptors (Lipinski definition) is 5. The summed E-state index contributed by atoms with van der Waals surface area (Å²) in [6, 6.07) is 0. The number of aromatic amines is 1. The van der Waals surface area contributed by atoms with E-state index < -0.39 is 0 Å². The van der Waals surface area contributed by atoms with Gasteiger partial charge in [-0.15, -0.1) is 22.0 Å². The maximum absolute atomic E-state index is 11.8. The van der Waals surface area contributed by atoms with Gasteiger partial charge in [0.15, 0.2) is 5.82 Å². The minimum absolute atomic E-state index is 0.205. The zero-order valence-corrected chi connectivity index (χ0v) is 11.5. The van der Waals surface area contributed by atoms with E-state index in [0.717, 1.165) is 18.1 Å². The van der Waals surface area contributed by atoms with Crippen molar-refractivity contribution in [3.05, 3.63) is 17.8 Å². The second kappa shape index (κ2) is 4.69. The third-order valence-electron chi connectivity index (χ3n) is 3.13. The number of H-pyrrole nitrogens is 1. The Bertz CT molecular complexity index is 618. The summed E-state index contributed by atoms with van der Waals surface area (Å²) in [5.74, 6) is 2.40. The highest BCUT2D eigenvalue weighted by Gasteiger charge is 2.26. The Kier molecular flexibility index (Phi) is 3.02. The molecule has 3 heterocycles. The summed E-state index contributed by atoms with van der Waals surface area (Å²) in [4.78, 5) is 18.8. The van der Waals surface area contributed by atoms with E-state index in [1.165, 1.54) is 6.33 Å². The molecule has 0 aromatic carbocycles. The van der Waals surface area contributed by atoms with Crippen LogP contribution in [0.15, 0.2) is 6.33 Å². The molecule has 2 N–H and O–H groups in total. The lowest BCUT2D eigenvalue weighted by Crippen LogP contribution is -2.20. The molecule has 0 radical (unpaired) electrons.